The van der Waals surface area contributed by atoms with Crippen LogP contribution in [-0.2, 0) is 27.5 Å². The number of hydrogen-bond donors (Lipinski definition) is 1. The molecular formula is C13H13F3N4O2S. The van der Waals surface area contributed by atoms with Crippen LogP contribution in [0, 0.1) is 0 Å². The van der Waals surface area contributed by atoms with Gasteiger partial charge < -0.3 is 0 Å². The molecule has 0 bridgehead atoms. The van der Waals surface area contributed by atoms with Crippen LogP contribution in [-0.4, -0.2) is 23.4 Å². The summed E-state index contributed by atoms with van der Waals surface area (Å²) in [5, 5.41) is 12.7. The summed E-state index contributed by atoms with van der Waals surface area (Å²) in [6, 6.07) is 5.13. The van der Waals surface area contributed by atoms with Crippen molar-refractivity contribution < 1.29 is 21.6 Å². The van der Waals surface area contributed by atoms with E-state index in [1.807, 2.05) is 0 Å². The molecule has 3 rings (SSSR count). The number of alkyl halides is 3. The number of nitrogens with two attached hydrogens (primary N) is 1. The molecule has 0 spiro atoms. The van der Waals surface area contributed by atoms with Gasteiger partial charge in [-0.15, -0.1) is 5.10 Å². The quantitative estimate of drug-likeness (QED) is 0.911. The van der Waals surface area contributed by atoms with Crippen LogP contribution in [0.5, 0.6) is 0 Å². The fraction of sp³-hybridized carbons (Fsp3) is 0.385. The van der Waals surface area contributed by atoms with Gasteiger partial charge in [-0.1, -0.05) is 23.4 Å². The van der Waals surface area contributed by atoms with Crippen LogP contribution < -0.4 is 5.14 Å². The lowest BCUT2D eigenvalue weighted by Crippen LogP contribution is -2.28. The highest BCUT2D eigenvalue weighted by Gasteiger charge is 2.56. The molecule has 1 aromatic carbocycles. The monoisotopic (exact) mass is 346 g/mol. The summed E-state index contributed by atoms with van der Waals surface area (Å²) in [6.07, 6.45) is -2.46. The first-order valence-corrected chi connectivity index (χ1v) is 8.26. The highest BCUT2D eigenvalue weighted by molar-refractivity contribution is 7.90. The lowest BCUT2D eigenvalue weighted by Gasteiger charge is -2.12. The number of aromatic nitrogens is 3. The standard InChI is InChI=1S/C13H13F3N4O2S/c14-13(15,16)10-4-2-1-3-9(10)7-20-8-11(18-19-20)12(5-6-12)23(17,21)22/h1-4,8H,5-7H2,(H2,17,21,22). The minimum absolute atomic E-state index is 0.0249. The van der Waals surface area contributed by atoms with Crippen molar-refractivity contribution in [3.8, 4) is 0 Å². The molecule has 0 aliphatic heterocycles. The number of nitrogens with zero attached hydrogens (tertiary/aromatic N) is 3. The Bertz CT molecular complexity index is 841. The van der Waals surface area contributed by atoms with Crippen LogP contribution in [0.15, 0.2) is 30.5 Å². The van der Waals surface area contributed by atoms with Gasteiger partial charge in [-0.2, -0.15) is 13.2 Å². The van der Waals surface area contributed by atoms with Gasteiger partial charge in [-0.25, -0.2) is 18.2 Å². The molecule has 1 aromatic heterocycles. The third kappa shape index (κ3) is 2.83. The maximum absolute atomic E-state index is 13.0. The first-order chi connectivity index (χ1) is 10.6. The van der Waals surface area contributed by atoms with Gasteiger partial charge >= 0.3 is 6.18 Å². The fourth-order valence-corrected chi connectivity index (χ4v) is 3.55. The lowest BCUT2D eigenvalue weighted by molar-refractivity contribution is -0.138. The SMILES string of the molecule is NS(=O)(=O)C1(c2cn(Cc3ccccc3C(F)(F)F)nn2)CC1. The van der Waals surface area contributed by atoms with E-state index in [0.717, 1.165) is 6.07 Å². The number of rotatable bonds is 4. The van der Waals surface area contributed by atoms with E-state index in [2.05, 4.69) is 10.3 Å². The molecule has 10 heteroatoms. The topological polar surface area (TPSA) is 90.9 Å². The first-order valence-electron chi connectivity index (χ1n) is 6.71. The zero-order valence-electron chi connectivity index (χ0n) is 11.8. The van der Waals surface area contributed by atoms with Crippen molar-refractivity contribution in [3.05, 3.63) is 47.3 Å². The maximum atomic E-state index is 13.0. The van der Waals surface area contributed by atoms with E-state index in [0.29, 0.717) is 12.8 Å². The molecule has 1 heterocycles. The molecule has 0 saturated heterocycles. The molecule has 0 atom stereocenters. The summed E-state index contributed by atoms with van der Waals surface area (Å²) < 4.78 is 62.1. The molecule has 0 radical (unpaired) electrons. The average molecular weight is 346 g/mol. The van der Waals surface area contributed by atoms with Crippen LogP contribution in [0.2, 0.25) is 0 Å². The minimum atomic E-state index is -4.47. The van der Waals surface area contributed by atoms with Gasteiger partial charge in [0.1, 0.15) is 10.4 Å². The molecule has 23 heavy (non-hydrogen) atoms. The summed E-state index contributed by atoms with van der Waals surface area (Å²) in [5.74, 6) is 0. The van der Waals surface area contributed by atoms with Gasteiger partial charge in [0.25, 0.3) is 0 Å². The van der Waals surface area contributed by atoms with Gasteiger partial charge in [0.05, 0.1) is 18.3 Å². The van der Waals surface area contributed by atoms with Crippen LogP contribution in [0.3, 0.4) is 0 Å². The number of sulfonamides is 1. The van der Waals surface area contributed by atoms with Crippen molar-refractivity contribution in [2.75, 3.05) is 0 Å². The molecule has 1 aliphatic rings. The number of primary sulfonamides is 1. The van der Waals surface area contributed by atoms with E-state index in [-0.39, 0.29) is 17.8 Å². The number of benzene rings is 1. The molecule has 6 nitrogen and oxygen atoms in total. The van der Waals surface area contributed by atoms with Crippen LogP contribution >= 0.6 is 0 Å². The van der Waals surface area contributed by atoms with Crippen molar-refractivity contribution in [2.24, 2.45) is 5.14 Å². The molecule has 124 valence electrons. The third-order valence-electron chi connectivity index (χ3n) is 3.91. The zero-order valence-corrected chi connectivity index (χ0v) is 12.6. The van der Waals surface area contributed by atoms with Crippen LogP contribution in [0.1, 0.15) is 29.7 Å². The second kappa shape index (κ2) is 5.03. The normalized spacial score (nSPS) is 17.2. The summed E-state index contributed by atoms with van der Waals surface area (Å²) >= 11 is 0. The molecule has 0 unspecified atom stereocenters. The van der Waals surface area contributed by atoms with Gasteiger partial charge in [-0.05, 0) is 24.5 Å². The Morgan fingerprint density at radius 1 is 1.26 bits per heavy atom. The minimum Gasteiger partial charge on any atom is -0.248 e. The predicted molar refractivity (Wildman–Crippen MR) is 74.6 cm³/mol. The smallest absolute Gasteiger partial charge is 0.248 e. The molecule has 1 fully saturated rings. The zero-order chi connectivity index (χ0) is 16.9. The number of halogens is 3. The highest BCUT2D eigenvalue weighted by atomic mass is 32.2. The molecular weight excluding hydrogens is 333 g/mol. The molecule has 2 N–H and O–H groups in total. The Balaban J connectivity index is 1.90. The maximum Gasteiger partial charge on any atom is 0.416 e. The Morgan fingerprint density at radius 3 is 2.48 bits per heavy atom. The Hall–Kier alpha value is -1.94. The highest BCUT2D eigenvalue weighted by Crippen LogP contribution is 2.50. The third-order valence-corrected chi connectivity index (χ3v) is 5.62. The van der Waals surface area contributed by atoms with Gasteiger partial charge in [0, 0.05) is 0 Å². The van der Waals surface area contributed by atoms with Crippen molar-refractivity contribution in [3.63, 3.8) is 0 Å². The van der Waals surface area contributed by atoms with E-state index >= 15 is 0 Å². The molecule has 2 aromatic rings. The van der Waals surface area contributed by atoms with Gasteiger partial charge in [0.2, 0.25) is 10.0 Å². The molecule has 1 aliphatic carbocycles. The largest absolute Gasteiger partial charge is 0.416 e. The fourth-order valence-electron chi connectivity index (χ4n) is 2.49. The van der Waals surface area contributed by atoms with Gasteiger partial charge in [0.15, 0.2) is 0 Å². The van der Waals surface area contributed by atoms with E-state index in [1.165, 1.54) is 29.1 Å². The molecule has 0 amide bonds. The lowest BCUT2D eigenvalue weighted by atomic mass is 10.1. The summed E-state index contributed by atoms with van der Waals surface area (Å²) in [6.45, 7) is -0.163. The van der Waals surface area contributed by atoms with E-state index in [9.17, 15) is 21.6 Å². The van der Waals surface area contributed by atoms with E-state index in [1.54, 1.807) is 0 Å². The van der Waals surface area contributed by atoms with Crippen molar-refractivity contribution >= 4 is 10.0 Å². The summed E-state index contributed by atoms with van der Waals surface area (Å²) in [5.41, 5.74) is -0.564. The number of hydrogen-bond acceptors (Lipinski definition) is 4. The molecule has 1 saturated carbocycles. The average Bonchev–Trinajstić information content (AvgIpc) is 3.14. The van der Waals surface area contributed by atoms with Crippen molar-refractivity contribution in [1.82, 2.24) is 15.0 Å². The van der Waals surface area contributed by atoms with E-state index in [4.69, 9.17) is 5.14 Å². The predicted octanol–water partition coefficient (Wildman–Crippen LogP) is 1.62. The summed E-state index contributed by atoms with van der Waals surface area (Å²) in [4.78, 5) is 0. The second-order valence-electron chi connectivity index (χ2n) is 5.50. The second-order valence-corrected chi connectivity index (χ2v) is 7.37. The summed E-state index contributed by atoms with van der Waals surface area (Å²) in [7, 11) is -3.83. The Kier molecular flexibility index (Phi) is 3.49. The Labute approximate surface area is 130 Å². The van der Waals surface area contributed by atoms with E-state index < -0.39 is 26.5 Å². The first kappa shape index (κ1) is 15.9. The Morgan fingerprint density at radius 2 is 1.91 bits per heavy atom. The van der Waals surface area contributed by atoms with Crippen molar-refractivity contribution in [2.45, 2.75) is 30.3 Å². The van der Waals surface area contributed by atoms with Crippen molar-refractivity contribution in [1.29, 1.82) is 0 Å². The van der Waals surface area contributed by atoms with Gasteiger partial charge in [-0.3, -0.25) is 0 Å². The van der Waals surface area contributed by atoms with Crippen LogP contribution in [0.4, 0.5) is 13.2 Å². The van der Waals surface area contributed by atoms with Crippen LogP contribution in [0.25, 0.3) is 0 Å².